The Labute approximate surface area is 94.4 Å². The first-order valence-corrected chi connectivity index (χ1v) is 5.30. The van der Waals surface area contributed by atoms with Crippen LogP contribution in [0.3, 0.4) is 0 Å². The number of rotatable bonds is 5. The maximum absolute atomic E-state index is 12.6. The van der Waals surface area contributed by atoms with Gasteiger partial charge in [0.05, 0.1) is 6.61 Å². The van der Waals surface area contributed by atoms with E-state index < -0.39 is 6.04 Å². The molecule has 1 unspecified atom stereocenters. The summed E-state index contributed by atoms with van der Waals surface area (Å²) in [4.78, 5) is 11.2. The van der Waals surface area contributed by atoms with Crippen LogP contribution < -0.4 is 5.73 Å². The Morgan fingerprint density at radius 1 is 1.44 bits per heavy atom. The molecule has 0 aliphatic carbocycles. The maximum atomic E-state index is 12.6. The molecule has 0 aromatic heterocycles. The first-order chi connectivity index (χ1) is 7.63. The SMILES string of the molecule is CCOC(=O)C(N)CCc1ccc(F)cc1. The first-order valence-electron chi connectivity index (χ1n) is 5.30. The molecule has 0 fully saturated rings. The fourth-order valence-electron chi connectivity index (χ4n) is 1.34. The summed E-state index contributed by atoms with van der Waals surface area (Å²) >= 11 is 0. The zero-order valence-corrected chi connectivity index (χ0v) is 9.28. The van der Waals surface area contributed by atoms with Crippen LogP contribution in [0.1, 0.15) is 18.9 Å². The standard InChI is InChI=1S/C12H16FNO2/c1-2-16-12(15)11(14)8-5-9-3-6-10(13)7-4-9/h3-4,6-7,11H,2,5,8,14H2,1H3. The van der Waals surface area contributed by atoms with Crippen molar-refractivity contribution in [3.63, 3.8) is 0 Å². The van der Waals surface area contributed by atoms with Crippen molar-refractivity contribution in [2.24, 2.45) is 5.73 Å². The third kappa shape index (κ3) is 3.98. The molecule has 4 heteroatoms. The highest BCUT2D eigenvalue weighted by Gasteiger charge is 2.13. The van der Waals surface area contributed by atoms with Gasteiger partial charge in [-0.1, -0.05) is 12.1 Å². The van der Waals surface area contributed by atoms with Gasteiger partial charge >= 0.3 is 5.97 Å². The highest BCUT2D eigenvalue weighted by Crippen LogP contribution is 2.07. The largest absolute Gasteiger partial charge is 0.465 e. The lowest BCUT2D eigenvalue weighted by Crippen LogP contribution is -2.32. The molecule has 0 radical (unpaired) electrons. The van der Waals surface area contributed by atoms with E-state index in [1.807, 2.05) is 0 Å². The van der Waals surface area contributed by atoms with Gasteiger partial charge in [-0.15, -0.1) is 0 Å². The second-order valence-corrected chi connectivity index (χ2v) is 3.52. The van der Waals surface area contributed by atoms with Crippen LogP contribution in [0.4, 0.5) is 4.39 Å². The molecule has 88 valence electrons. The van der Waals surface area contributed by atoms with Crippen molar-refractivity contribution in [3.8, 4) is 0 Å². The molecule has 3 nitrogen and oxygen atoms in total. The number of hydrogen-bond donors (Lipinski definition) is 1. The quantitative estimate of drug-likeness (QED) is 0.775. The van der Waals surface area contributed by atoms with Crippen LogP contribution in [-0.2, 0) is 16.0 Å². The molecule has 0 heterocycles. The molecular formula is C12H16FNO2. The molecule has 16 heavy (non-hydrogen) atoms. The van der Waals surface area contributed by atoms with E-state index in [1.54, 1.807) is 19.1 Å². The van der Waals surface area contributed by atoms with E-state index in [-0.39, 0.29) is 11.8 Å². The molecule has 0 saturated carbocycles. The molecular weight excluding hydrogens is 209 g/mol. The monoisotopic (exact) mass is 225 g/mol. The molecule has 0 saturated heterocycles. The van der Waals surface area contributed by atoms with Gasteiger partial charge in [0.15, 0.2) is 0 Å². The van der Waals surface area contributed by atoms with Crippen molar-refractivity contribution < 1.29 is 13.9 Å². The number of aryl methyl sites for hydroxylation is 1. The summed E-state index contributed by atoms with van der Waals surface area (Å²) in [5.41, 5.74) is 6.59. The average Bonchev–Trinajstić information content (AvgIpc) is 2.28. The highest BCUT2D eigenvalue weighted by molar-refractivity contribution is 5.75. The Bertz CT molecular complexity index is 337. The summed E-state index contributed by atoms with van der Waals surface area (Å²) in [6.45, 7) is 2.08. The third-order valence-electron chi connectivity index (χ3n) is 2.25. The number of esters is 1. The van der Waals surface area contributed by atoms with Crippen LogP contribution in [0, 0.1) is 5.82 Å². The molecule has 1 aromatic rings. The zero-order valence-electron chi connectivity index (χ0n) is 9.28. The van der Waals surface area contributed by atoms with Gasteiger partial charge in [0, 0.05) is 0 Å². The van der Waals surface area contributed by atoms with Gasteiger partial charge in [0.25, 0.3) is 0 Å². The Morgan fingerprint density at radius 3 is 2.62 bits per heavy atom. The van der Waals surface area contributed by atoms with Crippen LogP contribution >= 0.6 is 0 Å². The predicted octanol–water partition coefficient (Wildman–Crippen LogP) is 1.65. The predicted molar refractivity (Wildman–Crippen MR) is 59.3 cm³/mol. The molecule has 0 spiro atoms. The van der Waals surface area contributed by atoms with E-state index in [0.717, 1.165) is 5.56 Å². The lowest BCUT2D eigenvalue weighted by atomic mass is 10.1. The van der Waals surface area contributed by atoms with Crippen molar-refractivity contribution in [1.29, 1.82) is 0 Å². The van der Waals surface area contributed by atoms with Crippen LogP contribution in [-0.4, -0.2) is 18.6 Å². The van der Waals surface area contributed by atoms with E-state index in [4.69, 9.17) is 10.5 Å². The Morgan fingerprint density at radius 2 is 2.06 bits per heavy atom. The summed E-state index contributed by atoms with van der Waals surface area (Å²) in [5, 5.41) is 0. The topological polar surface area (TPSA) is 52.3 Å². The normalized spacial score (nSPS) is 12.2. The number of nitrogens with two attached hydrogens (primary N) is 1. The minimum Gasteiger partial charge on any atom is -0.465 e. The maximum Gasteiger partial charge on any atom is 0.322 e. The van der Waals surface area contributed by atoms with Crippen LogP contribution in [0.25, 0.3) is 0 Å². The van der Waals surface area contributed by atoms with Crippen molar-refractivity contribution in [3.05, 3.63) is 35.6 Å². The molecule has 1 aromatic carbocycles. The van der Waals surface area contributed by atoms with Gasteiger partial charge in [-0.3, -0.25) is 4.79 Å². The van der Waals surface area contributed by atoms with Gasteiger partial charge in [-0.25, -0.2) is 4.39 Å². The van der Waals surface area contributed by atoms with Gasteiger partial charge in [-0.2, -0.15) is 0 Å². The summed E-state index contributed by atoms with van der Waals surface area (Å²) in [5.74, 6) is -0.650. The molecule has 1 rings (SSSR count). The van der Waals surface area contributed by atoms with Gasteiger partial charge in [0.1, 0.15) is 11.9 Å². The molecule has 1 atom stereocenters. The molecule has 0 bridgehead atoms. The van der Waals surface area contributed by atoms with E-state index in [1.165, 1.54) is 12.1 Å². The second kappa shape index (κ2) is 6.23. The minimum atomic E-state index is -0.606. The van der Waals surface area contributed by atoms with Crippen molar-refractivity contribution in [2.75, 3.05) is 6.61 Å². The van der Waals surface area contributed by atoms with Crippen molar-refractivity contribution in [2.45, 2.75) is 25.8 Å². The van der Waals surface area contributed by atoms with Crippen LogP contribution in [0.15, 0.2) is 24.3 Å². The van der Waals surface area contributed by atoms with E-state index in [2.05, 4.69) is 0 Å². The van der Waals surface area contributed by atoms with Crippen LogP contribution in [0.2, 0.25) is 0 Å². The number of benzene rings is 1. The zero-order chi connectivity index (χ0) is 12.0. The number of carbonyl (C=O) groups excluding carboxylic acids is 1. The molecule has 2 N–H and O–H groups in total. The van der Waals surface area contributed by atoms with Crippen molar-refractivity contribution >= 4 is 5.97 Å². The van der Waals surface area contributed by atoms with Gasteiger partial charge < -0.3 is 10.5 Å². The molecule has 0 aliphatic heterocycles. The summed E-state index contributed by atoms with van der Waals surface area (Å²) in [7, 11) is 0. The molecule has 0 aliphatic rings. The number of halogens is 1. The smallest absolute Gasteiger partial charge is 0.322 e. The minimum absolute atomic E-state index is 0.265. The van der Waals surface area contributed by atoms with E-state index in [9.17, 15) is 9.18 Å². The average molecular weight is 225 g/mol. The Balaban J connectivity index is 2.39. The number of carbonyl (C=O) groups is 1. The summed E-state index contributed by atoms with van der Waals surface area (Å²) < 4.78 is 17.4. The highest BCUT2D eigenvalue weighted by atomic mass is 19.1. The third-order valence-corrected chi connectivity index (χ3v) is 2.25. The second-order valence-electron chi connectivity index (χ2n) is 3.52. The fraction of sp³-hybridized carbons (Fsp3) is 0.417. The van der Waals surface area contributed by atoms with E-state index >= 15 is 0 Å². The van der Waals surface area contributed by atoms with Crippen molar-refractivity contribution in [1.82, 2.24) is 0 Å². The Kier molecular flexibility index (Phi) is 4.92. The van der Waals surface area contributed by atoms with Crippen LogP contribution in [0.5, 0.6) is 0 Å². The number of hydrogen-bond acceptors (Lipinski definition) is 3. The molecule has 0 amide bonds. The lowest BCUT2D eigenvalue weighted by molar-refractivity contribution is -0.144. The van der Waals surface area contributed by atoms with Gasteiger partial charge in [-0.05, 0) is 37.5 Å². The Hall–Kier alpha value is -1.42. The van der Waals surface area contributed by atoms with Gasteiger partial charge in [0.2, 0.25) is 0 Å². The first kappa shape index (κ1) is 12.6. The summed E-state index contributed by atoms with van der Waals surface area (Å²) in [6.07, 6.45) is 1.14. The summed E-state index contributed by atoms with van der Waals surface area (Å²) in [6, 6.07) is 5.56. The van der Waals surface area contributed by atoms with E-state index in [0.29, 0.717) is 19.4 Å². The fourth-order valence-corrected chi connectivity index (χ4v) is 1.34. The lowest BCUT2D eigenvalue weighted by Gasteiger charge is -2.10. The number of ether oxygens (including phenoxy) is 1.